The van der Waals surface area contributed by atoms with E-state index in [2.05, 4.69) is 10.6 Å². The lowest BCUT2D eigenvalue weighted by Gasteiger charge is -2.11. The van der Waals surface area contributed by atoms with Gasteiger partial charge in [0.2, 0.25) is 5.91 Å². The molecule has 3 aromatic rings. The topological polar surface area (TPSA) is 128 Å². The molecule has 0 aliphatic rings. The van der Waals surface area contributed by atoms with Gasteiger partial charge in [-0.3, -0.25) is 9.59 Å². The summed E-state index contributed by atoms with van der Waals surface area (Å²) in [6, 6.07) is 18.3. The molecule has 37 heavy (non-hydrogen) atoms. The van der Waals surface area contributed by atoms with E-state index in [0.29, 0.717) is 16.8 Å². The van der Waals surface area contributed by atoms with Gasteiger partial charge in [0.05, 0.1) is 12.2 Å². The predicted molar refractivity (Wildman–Crippen MR) is 138 cm³/mol. The van der Waals surface area contributed by atoms with Crippen LogP contribution >= 0.6 is 0 Å². The van der Waals surface area contributed by atoms with Crippen molar-refractivity contribution >= 4 is 39.7 Å². The van der Waals surface area contributed by atoms with Crippen LogP contribution < -0.4 is 14.8 Å². The summed E-state index contributed by atoms with van der Waals surface area (Å²) in [6.07, 6.45) is 1.43. The lowest BCUT2D eigenvalue weighted by molar-refractivity contribution is -0.120. The lowest BCUT2D eigenvalue weighted by Crippen LogP contribution is -2.29. The zero-order valence-electron chi connectivity index (χ0n) is 20.5. The van der Waals surface area contributed by atoms with Gasteiger partial charge in [0.25, 0.3) is 5.91 Å². The molecule has 0 aromatic heterocycles. The fourth-order valence-corrected chi connectivity index (χ4v) is 4.05. The van der Waals surface area contributed by atoms with Crippen molar-refractivity contribution in [2.45, 2.75) is 25.7 Å². The molecule has 0 fully saturated rings. The molecule has 0 spiro atoms. The van der Waals surface area contributed by atoms with E-state index in [1.165, 1.54) is 61.5 Å². The van der Waals surface area contributed by atoms with Gasteiger partial charge in [-0.2, -0.15) is 8.42 Å². The fourth-order valence-electron chi connectivity index (χ4n) is 3.12. The summed E-state index contributed by atoms with van der Waals surface area (Å²) in [5.74, 6) is -1.44. The summed E-state index contributed by atoms with van der Waals surface area (Å²) in [6.45, 7) is 5.07. The van der Waals surface area contributed by atoms with Crippen molar-refractivity contribution in [2.75, 3.05) is 11.9 Å². The minimum atomic E-state index is -4.01. The van der Waals surface area contributed by atoms with Crippen LogP contribution in [0, 0.1) is 6.92 Å². The van der Waals surface area contributed by atoms with E-state index in [9.17, 15) is 22.8 Å². The van der Waals surface area contributed by atoms with Crippen LogP contribution in [-0.4, -0.2) is 32.8 Å². The number of benzene rings is 3. The average molecular weight is 523 g/mol. The van der Waals surface area contributed by atoms with Gasteiger partial charge in [-0.15, -0.1) is 0 Å². The normalized spacial score (nSPS) is 11.4. The van der Waals surface area contributed by atoms with E-state index in [4.69, 9.17) is 8.92 Å². The summed E-state index contributed by atoms with van der Waals surface area (Å²) < 4.78 is 35.1. The van der Waals surface area contributed by atoms with Crippen molar-refractivity contribution in [1.82, 2.24) is 5.32 Å². The number of ether oxygens (including phenoxy) is 1. The van der Waals surface area contributed by atoms with Crippen molar-refractivity contribution in [1.29, 1.82) is 0 Å². The highest BCUT2D eigenvalue weighted by Gasteiger charge is 2.17. The molecule has 0 bridgehead atoms. The van der Waals surface area contributed by atoms with Crippen molar-refractivity contribution < 1.29 is 31.7 Å². The number of hydrogen-bond donors (Lipinski definition) is 2. The first kappa shape index (κ1) is 27.2. The molecule has 0 heterocycles. The monoisotopic (exact) mass is 522 g/mol. The molecule has 10 heteroatoms. The smallest absolute Gasteiger partial charge is 0.339 e. The molecule has 3 rings (SSSR count). The molecule has 0 aliphatic carbocycles. The Hall–Kier alpha value is -4.44. The van der Waals surface area contributed by atoms with Crippen LogP contribution in [0.2, 0.25) is 0 Å². The number of hydrogen-bond acceptors (Lipinski definition) is 7. The van der Waals surface area contributed by atoms with Gasteiger partial charge in [-0.25, -0.2) is 4.79 Å². The van der Waals surface area contributed by atoms with Gasteiger partial charge in [0, 0.05) is 12.6 Å². The molecule has 0 atom stereocenters. The number of rotatable bonds is 9. The maximum absolute atomic E-state index is 12.8. The molecular formula is C27H26N2O7S. The third kappa shape index (κ3) is 7.77. The van der Waals surface area contributed by atoms with Crippen LogP contribution in [0.5, 0.6) is 5.75 Å². The van der Waals surface area contributed by atoms with Crippen LogP contribution in [0.1, 0.15) is 35.3 Å². The largest absolute Gasteiger partial charge is 0.462 e. The summed E-state index contributed by atoms with van der Waals surface area (Å²) in [4.78, 5) is 36.3. The zero-order valence-corrected chi connectivity index (χ0v) is 21.3. The molecule has 2 amide bonds. The lowest BCUT2D eigenvalue weighted by atomic mass is 10.1. The van der Waals surface area contributed by atoms with Crippen LogP contribution in [-0.2, 0) is 24.4 Å². The Morgan fingerprint density at radius 1 is 0.892 bits per heavy atom. The molecule has 0 saturated heterocycles. The quantitative estimate of drug-likeness (QED) is 0.246. The Kier molecular flexibility index (Phi) is 8.81. The summed E-state index contributed by atoms with van der Waals surface area (Å²) in [7, 11) is -4.01. The Bertz CT molecular complexity index is 1410. The van der Waals surface area contributed by atoms with Gasteiger partial charge in [-0.05, 0) is 74.0 Å². The minimum absolute atomic E-state index is 0.0296. The number of carbonyl (C=O) groups is 3. The number of esters is 1. The van der Waals surface area contributed by atoms with Crippen molar-refractivity contribution in [3.05, 3.63) is 95.2 Å². The molecular weight excluding hydrogens is 496 g/mol. The third-order valence-electron chi connectivity index (χ3n) is 4.92. The standard InChI is InChI=1S/C27H26N2O7S/c1-4-35-27(32)21-9-11-22(12-10-21)29-26(31)25(28-19(3)30)17-20-7-13-23(14-8-20)36-37(33,34)24-15-5-18(2)6-16-24/h5-17H,4H2,1-3H3,(H,28,30)(H,29,31). The van der Waals surface area contributed by atoms with Crippen molar-refractivity contribution in [3.63, 3.8) is 0 Å². The van der Waals surface area contributed by atoms with Crippen LogP contribution in [0.15, 0.2) is 83.4 Å². The number of aryl methyl sites for hydroxylation is 1. The summed E-state index contributed by atoms with van der Waals surface area (Å²) in [5.41, 5.74) is 2.13. The molecule has 0 saturated carbocycles. The zero-order chi connectivity index (χ0) is 27.0. The van der Waals surface area contributed by atoms with Gasteiger partial charge < -0.3 is 19.6 Å². The molecule has 3 aromatic carbocycles. The Labute approximate surface area is 215 Å². The molecule has 0 aliphatic heterocycles. The van der Waals surface area contributed by atoms with E-state index < -0.39 is 27.9 Å². The molecule has 0 radical (unpaired) electrons. The van der Waals surface area contributed by atoms with Crippen molar-refractivity contribution in [3.8, 4) is 5.75 Å². The second-order valence-corrected chi connectivity index (χ2v) is 9.46. The van der Waals surface area contributed by atoms with E-state index in [-0.39, 0.29) is 22.9 Å². The van der Waals surface area contributed by atoms with E-state index in [0.717, 1.165) is 5.56 Å². The summed E-state index contributed by atoms with van der Waals surface area (Å²) >= 11 is 0. The SMILES string of the molecule is CCOC(=O)c1ccc(NC(=O)C(=Cc2ccc(OS(=O)(=O)c3ccc(C)cc3)cc2)NC(C)=O)cc1. The molecule has 0 unspecified atom stereocenters. The number of amides is 2. The minimum Gasteiger partial charge on any atom is -0.462 e. The number of carbonyl (C=O) groups excluding carboxylic acids is 3. The highest BCUT2D eigenvalue weighted by molar-refractivity contribution is 7.87. The van der Waals surface area contributed by atoms with Crippen LogP contribution in [0.25, 0.3) is 6.08 Å². The van der Waals surface area contributed by atoms with E-state index in [1.54, 1.807) is 31.2 Å². The molecule has 9 nitrogen and oxygen atoms in total. The second kappa shape index (κ2) is 12.0. The number of anilines is 1. The van der Waals surface area contributed by atoms with Gasteiger partial charge in [0.15, 0.2) is 0 Å². The first-order valence-electron chi connectivity index (χ1n) is 11.3. The average Bonchev–Trinajstić information content (AvgIpc) is 2.85. The van der Waals surface area contributed by atoms with E-state index >= 15 is 0 Å². The maximum Gasteiger partial charge on any atom is 0.339 e. The van der Waals surface area contributed by atoms with Crippen molar-refractivity contribution in [2.24, 2.45) is 0 Å². The predicted octanol–water partition coefficient (Wildman–Crippen LogP) is 4.06. The molecule has 192 valence electrons. The van der Waals surface area contributed by atoms with Crippen LogP contribution in [0.3, 0.4) is 0 Å². The first-order chi connectivity index (χ1) is 17.6. The number of nitrogens with one attached hydrogen (secondary N) is 2. The van der Waals surface area contributed by atoms with Gasteiger partial charge in [-0.1, -0.05) is 29.8 Å². The van der Waals surface area contributed by atoms with Crippen LogP contribution in [0.4, 0.5) is 5.69 Å². The maximum atomic E-state index is 12.8. The highest BCUT2D eigenvalue weighted by Crippen LogP contribution is 2.21. The Balaban J connectivity index is 1.74. The first-order valence-corrected chi connectivity index (χ1v) is 12.7. The van der Waals surface area contributed by atoms with E-state index in [1.807, 2.05) is 6.92 Å². The summed E-state index contributed by atoms with van der Waals surface area (Å²) in [5, 5.41) is 5.13. The highest BCUT2D eigenvalue weighted by atomic mass is 32.2. The third-order valence-corrected chi connectivity index (χ3v) is 6.18. The molecule has 2 N–H and O–H groups in total. The van der Waals surface area contributed by atoms with Gasteiger partial charge >= 0.3 is 16.1 Å². The second-order valence-electron chi connectivity index (χ2n) is 7.91. The fraction of sp³-hybridized carbons (Fsp3) is 0.148. The van der Waals surface area contributed by atoms with Gasteiger partial charge in [0.1, 0.15) is 16.3 Å². The Morgan fingerprint density at radius 2 is 1.51 bits per heavy atom. The Morgan fingerprint density at radius 3 is 2.08 bits per heavy atom.